The third-order valence-electron chi connectivity index (χ3n) is 6.72. The maximum absolute atomic E-state index is 10.6. The molecule has 0 saturated heterocycles. The number of alkyl halides is 3. The van der Waals surface area contributed by atoms with Gasteiger partial charge in [-0.3, -0.25) is 0 Å². The van der Waals surface area contributed by atoms with Crippen molar-refractivity contribution in [1.82, 2.24) is 0 Å². The van der Waals surface area contributed by atoms with Crippen molar-refractivity contribution in [2.24, 2.45) is 5.92 Å². The summed E-state index contributed by atoms with van der Waals surface area (Å²) >= 11 is 5.96. The molecule has 0 aromatic heterocycles. The fourth-order valence-corrected chi connectivity index (χ4v) is 5.02. The number of carbonyl (C=O) groups is 1. The lowest BCUT2D eigenvalue weighted by molar-refractivity contribution is -0.192. The summed E-state index contributed by atoms with van der Waals surface area (Å²) in [7, 11) is 1.74. The van der Waals surface area contributed by atoms with Crippen LogP contribution in [0.15, 0.2) is 72.8 Å². The Labute approximate surface area is 223 Å². The van der Waals surface area contributed by atoms with E-state index >= 15 is 0 Å². The summed E-state index contributed by atoms with van der Waals surface area (Å²) in [5.74, 6) is -0.0690. The van der Waals surface area contributed by atoms with Crippen LogP contribution in [0.25, 0.3) is 0 Å². The smallest absolute Gasteiger partial charge is 0.490 e. The van der Waals surface area contributed by atoms with Crippen LogP contribution < -0.4 is 14.8 Å². The molecule has 3 aromatic carbocycles. The summed E-state index contributed by atoms with van der Waals surface area (Å²) in [4.78, 5) is 8.90. The Morgan fingerprint density at radius 1 is 1.08 bits per heavy atom. The van der Waals surface area contributed by atoms with E-state index in [0.717, 1.165) is 34.2 Å². The zero-order valence-corrected chi connectivity index (χ0v) is 21.5. The number of hydrogen-bond donors (Lipinski definition) is 2. The fourth-order valence-electron chi connectivity index (χ4n) is 4.89. The Balaban J connectivity index is 0.000000426. The van der Waals surface area contributed by atoms with E-state index in [1.165, 1.54) is 16.7 Å². The van der Waals surface area contributed by atoms with Crippen LogP contribution in [0.1, 0.15) is 40.6 Å². The summed E-state index contributed by atoms with van der Waals surface area (Å²) < 4.78 is 43.4. The number of benzene rings is 3. The molecule has 1 aliphatic carbocycles. The third kappa shape index (κ3) is 6.07. The van der Waals surface area contributed by atoms with Crippen LogP contribution in [-0.2, 0) is 11.4 Å². The molecule has 0 bridgehead atoms. The van der Waals surface area contributed by atoms with Crippen molar-refractivity contribution < 1.29 is 32.5 Å². The monoisotopic (exact) mass is 545 g/mol. The Kier molecular flexibility index (Phi) is 8.21. The van der Waals surface area contributed by atoms with Crippen LogP contribution >= 0.6 is 11.6 Å². The van der Waals surface area contributed by atoms with E-state index in [4.69, 9.17) is 31.0 Å². The molecule has 0 saturated carbocycles. The zero-order chi connectivity index (χ0) is 27.4. The highest BCUT2D eigenvalue weighted by molar-refractivity contribution is 6.30. The number of carboxylic acids is 1. The van der Waals surface area contributed by atoms with Crippen molar-refractivity contribution in [3.63, 3.8) is 0 Å². The van der Waals surface area contributed by atoms with Gasteiger partial charge < -0.3 is 19.9 Å². The van der Waals surface area contributed by atoms with Crippen molar-refractivity contribution in [3.05, 3.63) is 100 Å². The van der Waals surface area contributed by atoms with Crippen LogP contribution in [-0.4, -0.2) is 24.4 Å². The predicted octanol–water partition coefficient (Wildman–Crippen LogP) is 7.70. The van der Waals surface area contributed by atoms with Gasteiger partial charge in [-0.05, 0) is 71.8 Å². The SMILES string of the molecule is COc1ccc(C)c2c1N[C@@H](c1ccc(OCc3ccc(Cl)cc3)cc1)[C@H]1CC=C[C@@H]21.O=C(O)C(F)(F)F. The van der Waals surface area contributed by atoms with Crippen molar-refractivity contribution in [2.75, 3.05) is 12.4 Å². The number of allylic oxidation sites excluding steroid dienone is 2. The number of halogens is 4. The molecular formula is C29H27ClF3NO4. The summed E-state index contributed by atoms with van der Waals surface area (Å²) in [6.45, 7) is 2.72. The van der Waals surface area contributed by atoms with Crippen molar-refractivity contribution >= 4 is 23.3 Å². The Bertz CT molecular complexity index is 1310. The van der Waals surface area contributed by atoms with E-state index in [1.54, 1.807) is 7.11 Å². The van der Waals surface area contributed by atoms with Gasteiger partial charge in [-0.25, -0.2) is 4.79 Å². The molecule has 0 spiro atoms. The first kappa shape index (κ1) is 27.4. The lowest BCUT2D eigenvalue weighted by Crippen LogP contribution is -2.30. The lowest BCUT2D eigenvalue weighted by Gasteiger charge is -2.39. The average Bonchev–Trinajstić information content (AvgIpc) is 3.38. The first-order valence-electron chi connectivity index (χ1n) is 12.0. The molecule has 3 aromatic rings. The number of methoxy groups -OCH3 is 1. The minimum Gasteiger partial charge on any atom is -0.495 e. The number of hydrogen-bond acceptors (Lipinski definition) is 4. The van der Waals surface area contributed by atoms with Gasteiger partial charge in [-0.2, -0.15) is 13.2 Å². The highest BCUT2D eigenvalue weighted by Gasteiger charge is 2.40. The van der Waals surface area contributed by atoms with Gasteiger partial charge in [0.05, 0.1) is 18.8 Å². The van der Waals surface area contributed by atoms with Gasteiger partial charge in [0.1, 0.15) is 18.1 Å². The normalized spacial score (nSPS) is 19.4. The molecule has 5 nitrogen and oxygen atoms in total. The maximum atomic E-state index is 10.6. The van der Waals surface area contributed by atoms with Crippen molar-refractivity contribution in [3.8, 4) is 11.5 Å². The zero-order valence-electron chi connectivity index (χ0n) is 20.8. The standard InChI is InChI=1S/C27H26ClNO2.C2HF3O2/c1-17-6-15-24(30-2)27-25(17)22-4-3-5-23(22)26(29-27)19-9-13-21(14-10-19)31-16-18-7-11-20(28)12-8-18;3-2(4,5)1(6)7/h3-4,6-15,22-23,26,29H,5,16H2,1-2H3;(H,6,7)/t22-,23+,26+;/m1./s1. The summed E-state index contributed by atoms with van der Waals surface area (Å²) in [6.07, 6.45) is 0.683. The highest BCUT2D eigenvalue weighted by atomic mass is 35.5. The van der Waals surface area contributed by atoms with Crippen LogP contribution in [0, 0.1) is 12.8 Å². The lowest BCUT2D eigenvalue weighted by atomic mass is 9.75. The number of aryl methyl sites for hydroxylation is 1. The number of rotatable bonds is 5. The molecule has 0 unspecified atom stereocenters. The molecular weight excluding hydrogens is 519 g/mol. The minimum absolute atomic E-state index is 0.230. The van der Waals surface area contributed by atoms with E-state index < -0.39 is 12.1 Å². The minimum atomic E-state index is -5.08. The molecule has 0 fully saturated rings. The topological polar surface area (TPSA) is 67.8 Å². The highest BCUT2D eigenvalue weighted by Crippen LogP contribution is 2.53. The Morgan fingerprint density at radius 2 is 1.74 bits per heavy atom. The van der Waals surface area contributed by atoms with Crippen LogP contribution in [0.5, 0.6) is 11.5 Å². The number of ether oxygens (including phenoxy) is 2. The van der Waals surface area contributed by atoms with Crippen LogP contribution in [0.2, 0.25) is 5.02 Å². The van der Waals surface area contributed by atoms with E-state index in [0.29, 0.717) is 18.4 Å². The third-order valence-corrected chi connectivity index (χ3v) is 6.97. The second-order valence-corrected chi connectivity index (χ2v) is 9.57. The van der Waals surface area contributed by atoms with Crippen molar-refractivity contribution in [1.29, 1.82) is 0 Å². The molecule has 5 rings (SSSR count). The number of carboxylic acid groups (broad SMARTS) is 1. The van der Waals surface area contributed by atoms with E-state index in [1.807, 2.05) is 24.3 Å². The first-order valence-corrected chi connectivity index (χ1v) is 12.3. The molecule has 0 radical (unpaired) electrons. The number of fused-ring (bicyclic) bond motifs is 3. The largest absolute Gasteiger partial charge is 0.495 e. The molecule has 200 valence electrons. The average molecular weight is 546 g/mol. The van der Waals surface area contributed by atoms with Crippen molar-refractivity contribution in [2.45, 2.75) is 38.1 Å². The van der Waals surface area contributed by atoms with E-state index in [9.17, 15) is 13.2 Å². The predicted molar refractivity (Wildman–Crippen MR) is 140 cm³/mol. The number of nitrogens with one attached hydrogen (secondary N) is 1. The van der Waals surface area contributed by atoms with Gasteiger partial charge in [0.15, 0.2) is 0 Å². The van der Waals surface area contributed by atoms with E-state index in [-0.39, 0.29) is 6.04 Å². The van der Waals surface area contributed by atoms with Gasteiger partial charge in [0, 0.05) is 10.9 Å². The van der Waals surface area contributed by atoms with E-state index in [2.05, 4.69) is 60.8 Å². The summed E-state index contributed by atoms with van der Waals surface area (Å²) in [6, 6.07) is 20.7. The van der Waals surface area contributed by atoms with Gasteiger partial charge in [-0.1, -0.05) is 54.1 Å². The summed E-state index contributed by atoms with van der Waals surface area (Å²) in [5, 5.41) is 11.7. The molecule has 9 heteroatoms. The molecule has 1 aliphatic heterocycles. The van der Waals surface area contributed by atoms with Gasteiger partial charge in [0.2, 0.25) is 0 Å². The van der Waals surface area contributed by atoms with Crippen LogP contribution in [0.3, 0.4) is 0 Å². The second-order valence-electron chi connectivity index (χ2n) is 9.14. The maximum Gasteiger partial charge on any atom is 0.490 e. The Morgan fingerprint density at radius 3 is 2.34 bits per heavy atom. The molecule has 38 heavy (non-hydrogen) atoms. The second kappa shape index (κ2) is 11.4. The Hall–Kier alpha value is -3.65. The first-order chi connectivity index (χ1) is 18.1. The number of anilines is 1. The molecule has 1 heterocycles. The quantitative estimate of drug-likeness (QED) is 0.322. The van der Waals surface area contributed by atoms with Gasteiger partial charge in [-0.15, -0.1) is 0 Å². The van der Waals surface area contributed by atoms with Crippen LogP contribution in [0.4, 0.5) is 18.9 Å². The van der Waals surface area contributed by atoms with Gasteiger partial charge >= 0.3 is 12.1 Å². The molecule has 3 atom stereocenters. The molecule has 2 aliphatic rings. The van der Waals surface area contributed by atoms with Gasteiger partial charge in [0.25, 0.3) is 0 Å². The molecule has 0 amide bonds. The number of aliphatic carboxylic acids is 1. The fraction of sp³-hybridized carbons (Fsp3) is 0.276. The summed E-state index contributed by atoms with van der Waals surface area (Å²) in [5.41, 5.74) is 6.18. The molecule has 2 N–H and O–H groups in total.